The lowest BCUT2D eigenvalue weighted by Crippen LogP contribution is -2.43. The van der Waals surface area contributed by atoms with Gasteiger partial charge in [0.25, 0.3) is 5.91 Å². The zero-order chi connectivity index (χ0) is 20.5. The Hall–Kier alpha value is -3.55. The highest BCUT2D eigenvalue weighted by molar-refractivity contribution is 6.01. The number of aliphatic carboxylic acids is 1. The molecule has 2 aromatic carbocycles. The summed E-state index contributed by atoms with van der Waals surface area (Å²) in [6, 6.07) is 10.8. The van der Waals surface area contributed by atoms with Gasteiger partial charge in [0.1, 0.15) is 5.75 Å². The van der Waals surface area contributed by atoms with E-state index < -0.39 is 17.9 Å². The molecular formula is C21H21N3O5. The number of carboxylic acids is 1. The number of hydrogen-bond donors (Lipinski definition) is 2. The highest BCUT2D eigenvalue weighted by Gasteiger charge is 2.36. The van der Waals surface area contributed by atoms with Gasteiger partial charge in [-0.1, -0.05) is 24.3 Å². The monoisotopic (exact) mass is 395 g/mol. The minimum absolute atomic E-state index is 0.261. The number of nitrogens with one attached hydrogen (secondary N) is 1. The van der Waals surface area contributed by atoms with Gasteiger partial charge in [-0.2, -0.15) is 0 Å². The van der Waals surface area contributed by atoms with Crippen LogP contribution < -0.4 is 15.0 Å². The van der Waals surface area contributed by atoms with Crippen LogP contribution in [-0.4, -0.2) is 54.7 Å². The van der Waals surface area contributed by atoms with Gasteiger partial charge in [0.15, 0.2) is 6.04 Å². The molecule has 4 rings (SSSR count). The van der Waals surface area contributed by atoms with Crippen molar-refractivity contribution in [3.8, 4) is 5.75 Å². The molecular weight excluding hydrogens is 374 g/mol. The molecule has 1 saturated heterocycles. The van der Waals surface area contributed by atoms with Crippen molar-refractivity contribution < 1.29 is 24.2 Å². The third-order valence-corrected chi connectivity index (χ3v) is 5.35. The summed E-state index contributed by atoms with van der Waals surface area (Å²) in [5.74, 6) is -0.994. The summed E-state index contributed by atoms with van der Waals surface area (Å²) >= 11 is 0. The topological polar surface area (TPSA) is 99.2 Å². The molecule has 0 aliphatic carbocycles. The van der Waals surface area contributed by atoms with Crippen LogP contribution in [0.15, 0.2) is 42.5 Å². The van der Waals surface area contributed by atoms with Crippen LogP contribution in [0.3, 0.4) is 0 Å². The van der Waals surface area contributed by atoms with Gasteiger partial charge in [-0.3, -0.25) is 9.69 Å². The minimum Gasteiger partial charge on any atom is -0.495 e. The predicted octanol–water partition coefficient (Wildman–Crippen LogP) is 2.05. The summed E-state index contributed by atoms with van der Waals surface area (Å²) in [4.78, 5) is 40.3. The minimum atomic E-state index is -1.07. The maximum atomic E-state index is 13.3. The first kappa shape index (κ1) is 18.8. The number of carboxylic acid groups (broad SMARTS) is 1. The third-order valence-electron chi connectivity index (χ3n) is 5.35. The van der Waals surface area contributed by atoms with Crippen molar-refractivity contribution >= 4 is 23.6 Å². The second-order valence-corrected chi connectivity index (χ2v) is 6.96. The molecule has 2 aliphatic heterocycles. The summed E-state index contributed by atoms with van der Waals surface area (Å²) in [5.41, 5.74) is 2.36. The summed E-state index contributed by atoms with van der Waals surface area (Å²) in [5, 5.41) is 12.5. The molecule has 1 unspecified atom stereocenters. The molecule has 0 aromatic heterocycles. The van der Waals surface area contributed by atoms with E-state index in [0.29, 0.717) is 48.6 Å². The van der Waals surface area contributed by atoms with E-state index in [4.69, 9.17) is 4.74 Å². The second-order valence-electron chi connectivity index (χ2n) is 6.96. The molecule has 8 nitrogen and oxygen atoms in total. The standard InChI is InChI=1S/C21H21N3O5/c1-29-17-7-6-14(12-16(17)23-11-9-22-21(23)28)19(25)24-10-8-13-4-2-3-5-15(13)18(24)20(26)27/h2-7,12,18H,8-11H2,1H3,(H,22,28)(H,26,27). The molecule has 2 aliphatic rings. The first-order valence-corrected chi connectivity index (χ1v) is 9.36. The van der Waals surface area contributed by atoms with Crippen LogP contribution in [0, 0.1) is 0 Å². The SMILES string of the molecule is COc1ccc(C(=O)N2CCc3ccccc3C2C(=O)O)cc1N1CCNC1=O. The molecule has 3 amide bonds. The van der Waals surface area contributed by atoms with E-state index in [-0.39, 0.29) is 6.03 Å². The quantitative estimate of drug-likeness (QED) is 0.826. The van der Waals surface area contributed by atoms with E-state index in [1.165, 1.54) is 16.9 Å². The molecule has 2 aromatic rings. The molecule has 29 heavy (non-hydrogen) atoms. The van der Waals surface area contributed by atoms with Gasteiger partial charge in [-0.25, -0.2) is 9.59 Å². The highest BCUT2D eigenvalue weighted by atomic mass is 16.5. The summed E-state index contributed by atoms with van der Waals surface area (Å²) < 4.78 is 5.35. The first-order valence-electron chi connectivity index (χ1n) is 9.36. The van der Waals surface area contributed by atoms with Crippen LogP contribution in [0.1, 0.15) is 27.5 Å². The number of fused-ring (bicyclic) bond motifs is 1. The Kier molecular flexibility index (Phi) is 4.84. The van der Waals surface area contributed by atoms with Crippen molar-refractivity contribution in [1.29, 1.82) is 0 Å². The van der Waals surface area contributed by atoms with Crippen molar-refractivity contribution in [2.75, 3.05) is 31.6 Å². The molecule has 1 atom stereocenters. The average Bonchev–Trinajstić information content (AvgIpc) is 3.17. The van der Waals surface area contributed by atoms with E-state index in [0.717, 1.165) is 5.56 Å². The Labute approximate surface area is 167 Å². The average molecular weight is 395 g/mol. The molecule has 2 N–H and O–H groups in total. The highest BCUT2D eigenvalue weighted by Crippen LogP contribution is 2.34. The maximum absolute atomic E-state index is 13.3. The zero-order valence-corrected chi connectivity index (χ0v) is 15.9. The molecule has 1 fully saturated rings. The fraction of sp³-hybridized carbons (Fsp3) is 0.286. The second kappa shape index (κ2) is 7.46. The molecule has 0 radical (unpaired) electrons. The van der Waals surface area contributed by atoms with Crippen LogP contribution in [-0.2, 0) is 11.2 Å². The number of carbonyl (C=O) groups excluding carboxylic acids is 2. The van der Waals surface area contributed by atoms with Crippen molar-refractivity contribution in [2.24, 2.45) is 0 Å². The zero-order valence-electron chi connectivity index (χ0n) is 15.9. The molecule has 0 saturated carbocycles. The smallest absolute Gasteiger partial charge is 0.331 e. The van der Waals surface area contributed by atoms with Crippen molar-refractivity contribution in [3.05, 3.63) is 59.2 Å². The van der Waals surface area contributed by atoms with Crippen LogP contribution >= 0.6 is 0 Å². The first-order chi connectivity index (χ1) is 14.0. The number of methoxy groups -OCH3 is 1. The number of carbonyl (C=O) groups is 3. The van der Waals surface area contributed by atoms with Gasteiger partial charge in [0.05, 0.1) is 12.8 Å². The number of amides is 3. The fourth-order valence-electron chi connectivity index (χ4n) is 3.95. The number of rotatable bonds is 4. The maximum Gasteiger partial charge on any atom is 0.331 e. The summed E-state index contributed by atoms with van der Waals surface area (Å²) in [7, 11) is 1.50. The van der Waals surface area contributed by atoms with Crippen LogP contribution in [0.4, 0.5) is 10.5 Å². The van der Waals surface area contributed by atoms with E-state index in [1.54, 1.807) is 30.3 Å². The lowest BCUT2D eigenvalue weighted by molar-refractivity contribution is -0.143. The number of urea groups is 1. The lowest BCUT2D eigenvalue weighted by atomic mass is 9.92. The Morgan fingerprint density at radius 3 is 2.66 bits per heavy atom. The molecule has 150 valence electrons. The van der Waals surface area contributed by atoms with Gasteiger partial charge in [-0.05, 0) is 35.7 Å². The summed E-state index contributed by atoms with van der Waals surface area (Å²) in [6.45, 7) is 1.27. The molecule has 0 bridgehead atoms. The Morgan fingerprint density at radius 1 is 1.17 bits per heavy atom. The van der Waals surface area contributed by atoms with Crippen LogP contribution in [0.25, 0.3) is 0 Å². The van der Waals surface area contributed by atoms with E-state index >= 15 is 0 Å². The van der Waals surface area contributed by atoms with E-state index in [2.05, 4.69) is 5.32 Å². The molecule has 8 heteroatoms. The van der Waals surface area contributed by atoms with Gasteiger partial charge in [-0.15, -0.1) is 0 Å². The number of ether oxygens (including phenoxy) is 1. The predicted molar refractivity (Wildman–Crippen MR) is 105 cm³/mol. The number of anilines is 1. The van der Waals surface area contributed by atoms with Crippen molar-refractivity contribution in [3.63, 3.8) is 0 Å². The van der Waals surface area contributed by atoms with Gasteiger partial charge < -0.3 is 20.1 Å². The Balaban J connectivity index is 1.71. The van der Waals surface area contributed by atoms with E-state index in [9.17, 15) is 19.5 Å². The van der Waals surface area contributed by atoms with Crippen LogP contribution in [0.2, 0.25) is 0 Å². The van der Waals surface area contributed by atoms with Gasteiger partial charge >= 0.3 is 12.0 Å². The third kappa shape index (κ3) is 3.26. The number of nitrogens with zero attached hydrogens (tertiary/aromatic N) is 2. The van der Waals surface area contributed by atoms with Gasteiger partial charge in [0.2, 0.25) is 0 Å². The molecule has 0 spiro atoms. The number of benzene rings is 2. The lowest BCUT2D eigenvalue weighted by Gasteiger charge is -2.35. The van der Waals surface area contributed by atoms with Crippen molar-refractivity contribution in [1.82, 2.24) is 10.2 Å². The van der Waals surface area contributed by atoms with Gasteiger partial charge in [0, 0.05) is 25.2 Å². The van der Waals surface area contributed by atoms with Crippen molar-refractivity contribution in [2.45, 2.75) is 12.5 Å². The Morgan fingerprint density at radius 2 is 1.97 bits per heavy atom. The fourth-order valence-corrected chi connectivity index (χ4v) is 3.95. The number of hydrogen-bond acceptors (Lipinski definition) is 4. The normalized spacial score (nSPS) is 18.2. The Bertz CT molecular complexity index is 990. The largest absolute Gasteiger partial charge is 0.495 e. The van der Waals surface area contributed by atoms with E-state index in [1.807, 2.05) is 12.1 Å². The summed E-state index contributed by atoms with van der Waals surface area (Å²) in [6.07, 6.45) is 0.587. The molecule has 2 heterocycles. The van der Waals surface area contributed by atoms with Crippen LogP contribution in [0.5, 0.6) is 5.75 Å².